The van der Waals surface area contributed by atoms with Gasteiger partial charge in [-0.2, -0.15) is 0 Å². The number of rotatable bonds is 4. The minimum atomic E-state index is -0.516. The number of pyridine rings is 1. The van der Waals surface area contributed by atoms with Gasteiger partial charge < -0.3 is 5.11 Å². The standard InChI is InChI=1S/C18H20ClNO/c1-13(14-6-8-15(19)9-7-14)18(10-4-11-18)17(21)16-5-2-3-12-20-16/h2-3,5-9,12-13,17,21H,4,10-11H2,1H3. The first kappa shape index (κ1) is 14.6. The summed E-state index contributed by atoms with van der Waals surface area (Å²) in [6.07, 6.45) is 4.47. The molecule has 2 nitrogen and oxygen atoms in total. The smallest absolute Gasteiger partial charge is 0.102 e. The van der Waals surface area contributed by atoms with Crippen molar-refractivity contribution in [1.29, 1.82) is 0 Å². The number of benzene rings is 1. The van der Waals surface area contributed by atoms with Crippen molar-refractivity contribution in [3.8, 4) is 0 Å². The van der Waals surface area contributed by atoms with E-state index in [0.717, 1.165) is 23.6 Å². The Morgan fingerprint density at radius 3 is 2.38 bits per heavy atom. The Kier molecular flexibility index (Phi) is 4.01. The molecule has 0 saturated heterocycles. The minimum Gasteiger partial charge on any atom is -0.386 e. The van der Waals surface area contributed by atoms with Crippen molar-refractivity contribution in [2.45, 2.75) is 38.2 Å². The number of aromatic nitrogens is 1. The maximum atomic E-state index is 10.9. The van der Waals surface area contributed by atoms with Crippen molar-refractivity contribution < 1.29 is 5.11 Å². The molecule has 1 aliphatic carbocycles. The van der Waals surface area contributed by atoms with Gasteiger partial charge in [0.1, 0.15) is 6.10 Å². The van der Waals surface area contributed by atoms with E-state index >= 15 is 0 Å². The Morgan fingerprint density at radius 1 is 1.14 bits per heavy atom. The van der Waals surface area contributed by atoms with Gasteiger partial charge in [-0.15, -0.1) is 0 Å². The Morgan fingerprint density at radius 2 is 1.86 bits per heavy atom. The molecule has 1 saturated carbocycles. The molecule has 110 valence electrons. The van der Waals surface area contributed by atoms with Gasteiger partial charge in [-0.3, -0.25) is 4.98 Å². The van der Waals surface area contributed by atoms with Gasteiger partial charge in [0.05, 0.1) is 5.69 Å². The molecule has 3 rings (SSSR count). The minimum absolute atomic E-state index is 0.109. The van der Waals surface area contributed by atoms with Gasteiger partial charge in [0.25, 0.3) is 0 Å². The summed E-state index contributed by atoms with van der Waals surface area (Å²) in [7, 11) is 0. The first-order valence-corrected chi connectivity index (χ1v) is 7.86. The van der Waals surface area contributed by atoms with Crippen LogP contribution in [0.2, 0.25) is 5.02 Å². The van der Waals surface area contributed by atoms with Crippen molar-refractivity contribution in [2.24, 2.45) is 5.41 Å². The van der Waals surface area contributed by atoms with Gasteiger partial charge in [-0.25, -0.2) is 0 Å². The Labute approximate surface area is 130 Å². The van der Waals surface area contributed by atoms with Crippen LogP contribution in [0.5, 0.6) is 0 Å². The molecule has 21 heavy (non-hydrogen) atoms. The molecule has 0 aliphatic heterocycles. The van der Waals surface area contributed by atoms with Crippen molar-refractivity contribution in [3.05, 3.63) is 64.9 Å². The molecule has 1 heterocycles. The molecule has 2 unspecified atom stereocenters. The van der Waals surface area contributed by atoms with E-state index in [-0.39, 0.29) is 11.3 Å². The summed E-state index contributed by atoms with van der Waals surface area (Å²) < 4.78 is 0. The van der Waals surface area contributed by atoms with Crippen molar-refractivity contribution in [2.75, 3.05) is 0 Å². The summed E-state index contributed by atoms with van der Waals surface area (Å²) in [6, 6.07) is 13.7. The van der Waals surface area contributed by atoms with Gasteiger partial charge in [0, 0.05) is 16.6 Å². The van der Waals surface area contributed by atoms with Gasteiger partial charge in [-0.1, -0.05) is 43.1 Å². The molecule has 1 N–H and O–H groups in total. The average molecular weight is 302 g/mol. The Balaban J connectivity index is 1.91. The third kappa shape index (κ3) is 2.58. The van der Waals surface area contributed by atoms with E-state index in [1.54, 1.807) is 6.20 Å². The summed E-state index contributed by atoms with van der Waals surface area (Å²) in [5.74, 6) is 0.278. The van der Waals surface area contributed by atoms with E-state index in [1.807, 2.05) is 30.3 Å². The zero-order valence-electron chi connectivity index (χ0n) is 12.2. The predicted molar refractivity (Wildman–Crippen MR) is 85.3 cm³/mol. The molecule has 1 fully saturated rings. The normalized spacial score (nSPS) is 19.6. The van der Waals surface area contributed by atoms with Crippen LogP contribution in [0.25, 0.3) is 0 Å². The molecule has 3 heteroatoms. The molecule has 0 radical (unpaired) electrons. The van der Waals surface area contributed by atoms with E-state index < -0.39 is 6.10 Å². The monoisotopic (exact) mass is 301 g/mol. The fourth-order valence-corrected chi connectivity index (χ4v) is 3.57. The molecule has 2 aromatic rings. The van der Waals surface area contributed by atoms with Crippen LogP contribution in [0.15, 0.2) is 48.7 Å². The van der Waals surface area contributed by atoms with Crippen molar-refractivity contribution in [3.63, 3.8) is 0 Å². The Bertz CT molecular complexity index is 592. The molecule has 1 aliphatic rings. The maximum Gasteiger partial charge on any atom is 0.102 e. The zero-order chi connectivity index (χ0) is 14.9. The van der Waals surface area contributed by atoms with Crippen LogP contribution in [-0.4, -0.2) is 10.1 Å². The number of halogens is 1. The second-order valence-electron chi connectivity index (χ2n) is 6.02. The lowest BCUT2D eigenvalue weighted by molar-refractivity contribution is -0.0569. The number of hydrogen-bond acceptors (Lipinski definition) is 2. The Hall–Kier alpha value is -1.38. The number of hydrogen-bond donors (Lipinski definition) is 1. The largest absolute Gasteiger partial charge is 0.386 e. The quantitative estimate of drug-likeness (QED) is 0.884. The summed E-state index contributed by atoms with van der Waals surface area (Å²) in [5.41, 5.74) is 1.90. The van der Waals surface area contributed by atoms with Gasteiger partial charge in [-0.05, 0) is 48.6 Å². The number of aliphatic hydroxyl groups excluding tert-OH is 1. The lowest BCUT2D eigenvalue weighted by Crippen LogP contribution is -2.41. The summed E-state index contributed by atoms with van der Waals surface area (Å²) in [6.45, 7) is 2.20. The van der Waals surface area contributed by atoms with Crippen LogP contribution in [0.1, 0.15) is 49.5 Å². The third-order valence-corrected chi connectivity index (χ3v) is 5.28. The molecule has 0 amide bonds. The van der Waals surface area contributed by atoms with E-state index in [0.29, 0.717) is 0 Å². The molecule has 2 atom stereocenters. The lowest BCUT2D eigenvalue weighted by atomic mass is 9.56. The highest BCUT2D eigenvalue weighted by molar-refractivity contribution is 6.30. The highest BCUT2D eigenvalue weighted by atomic mass is 35.5. The average Bonchev–Trinajstić information content (AvgIpc) is 2.47. The maximum absolute atomic E-state index is 10.9. The zero-order valence-corrected chi connectivity index (χ0v) is 12.9. The number of aliphatic hydroxyl groups is 1. The topological polar surface area (TPSA) is 33.1 Å². The molecule has 0 spiro atoms. The first-order chi connectivity index (χ1) is 10.1. The van der Waals surface area contributed by atoms with Gasteiger partial charge in [0.2, 0.25) is 0 Å². The molecule has 1 aromatic carbocycles. The van der Waals surface area contributed by atoms with E-state index in [4.69, 9.17) is 11.6 Å². The number of nitrogens with zero attached hydrogens (tertiary/aromatic N) is 1. The lowest BCUT2D eigenvalue weighted by Gasteiger charge is -2.50. The van der Waals surface area contributed by atoms with Crippen LogP contribution in [0, 0.1) is 5.41 Å². The highest BCUT2D eigenvalue weighted by Crippen LogP contribution is 2.58. The van der Waals surface area contributed by atoms with E-state index in [1.165, 1.54) is 12.0 Å². The van der Waals surface area contributed by atoms with E-state index in [9.17, 15) is 5.11 Å². The van der Waals surface area contributed by atoms with Crippen molar-refractivity contribution in [1.82, 2.24) is 4.98 Å². The summed E-state index contributed by atoms with van der Waals surface area (Å²) in [5, 5.41) is 11.6. The molecule has 1 aromatic heterocycles. The second kappa shape index (κ2) is 5.78. The predicted octanol–water partition coefficient (Wildman–Crippen LogP) is 4.74. The SMILES string of the molecule is CC(c1ccc(Cl)cc1)C1(C(O)c2ccccn2)CCC1. The van der Waals surface area contributed by atoms with Crippen LogP contribution in [0.4, 0.5) is 0 Å². The van der Waals surface area contributed by atoms with E-state index in [2.05, 4.69) is 24.0 Å². The first-order valence-electron chi connectivity index (χ1n) is 7.48. The fourth-order valence-electron chi connectivity index (χ4n) is 3.44. The molecular weight excluding hydrogens is 282 g/mol. The highest BCUT2D eigenvalue weighted by Gasteiger charge is 2.49. The van der Waals surface area contributed by atoms with Crippen LogP contribution in [-0.2, 0) is 0 Å². The van der Waals surface area contributed by atoms with Crippen LogP contribution in [0.3, 0.4) is 0 Å². The summed E-state index contributed by atoms with van der Waals surface area (Å²) in [4.78, 5) is 4.35. The van der Waals surface area contributed by atoms with Crippen LogP contribution < -0.4 is 0 Å². The van der Waals surface area contributed by atoms with Crippen LogP contribution >= 0.6 is 11.6 Å². The third-order valence-electron chi connectivity index (χ3n) is 5.03. The van der Waals surface area contributed by atoms with Gasteiger partial charge >= 0.3 is 0 Å². The van der Waals surface area contributed by atoms with Crippen molar-refractivity contribution >= 4 is 11.6 Å². The second-order valence-corrected chi connectivity index (χ2v) is 6.45. The molecule has 0 bridgehead atoms. The summed E-state index contributed by atoms with van der Waals surface area (Å²) >= 11 is 5.98. The van der Waals surface area contributed by atoms with Gasteiger partial charge in [0.15, 0.2) is 0 Å². The fraction of sp³-hybridized carbons (Fsp3) is 0.389. The molecular formula is C18H20ClNO.